The highest BCUT2D eigenvalue weighted by atomic mass is 15.1. The number of nitrogens with zero attached hydrogens (tertiary/aromatic N) is 1. The van der Waals surface area contributed by atoms with Crippen molar-refractivity contribution in [2.75, 3.05) is 4.90 Å². The van der Waals surface area contributed by atoms with E-state index in [1.807, 2.05) is 0 Å². The van der Waals surface area contributed by atoms with E-state index < -0.39 is 5.41 Å². The van der Waals surface area contributed by atoms with Crippen molar-refractivity contribution >= 4 is 38.6 Å². The Morgan fingerprint density at radius 3 is 1.66 bits per heavy atom. The predicted octanol–water partition coefficient (Wildman–Crippen LogP) is 12.1. The Labute approximate surface area is 275 Å². The van der Waals surface area contributed by atoms with E-state index in [2.05, 4.69) is 182 Å². The van der Waals surface area contributed by atoms with Gasteiger partial charge in [0.2, 0.25) is 0 Å². The van der Waals surface area contributed by atoms with E-state index in [-0.39, 0.29) is 0 Å². The number of hydrogen-bond donors (Lipinski definition) is 0. The average molecular weight is 598 g/mol. The average Bonchev–Trinajstić information content (AvgIpc) is 3.59. The van der Waals surface area contributed by atoms with E-state index in [1.165, 1.54) is 77.3 Å². The Bertz CT molecular complexity index is 2480. The summed E-state index contributed by atoms with van der Waals surface area (Å²) in [5, 5.41) is 5.07. The van der Waals surface area contributed by atoms with Crippen molar-refractivity contribution in [3.63, 3.8) is 0 Å². The third-order valence-electron chi connectivity index (χ3n) is 10.5. The van der Waals surface area contributed by atoms with Gasteiger partial charge in [-0.05, 0) is 110 Å². The van der Waals surface area contributed by atoms with Crippen LogP contribution in [-0.2, 0) is 5.41 Å². The summed E-state index contributed by atoms with van der Waals surface area (Å²) in [6.07, 6.45) is 0. The Morgan fingerprint density at radius 1 is 0.404 bits per heavy atom. The molecule has 0 unspecified atom stereocenters. The lowest BCUT2D eigenvalue weighted by atomic mass is 9.70. The molecule has 1 spiro atoms. The molecular weight excluding hydrogens is 567 g/mol. The van der Waals surface area contributed by atoms with Crippen LogP contribution in [0.5, 0.6) is 0 Å². The number of fused-ring (bicyclic) bond motifs is 13. The highest BCUT2D eigenvalue weighted by Gasteiger charge is 2.52. The molecule has 0 fully saturated rings. The van der Waals surface area contributed by atoms with Gasteiger partial charge in [-0.2, -0.15) is 0 Å². The summed E-state index contributed by atoms with van der Waals surface area (Å²) in [4.78, 5) is 2.45. The van der Waals surface area contributed by atoms with Crippen molar-refractivity contribution in [2.45, 2.75) is 12.3 Å². The largest absolute Gasteiger partial charge is 0.310 e. The zero-order chi connectivity index (χ0) is 31.1. The standard InChI is InChI=1S/C46H31N/c1-30-23-25-34(26-24-30)47(33-15-3-2-4-16-33)44-29-43-45(38-20-8-7-19-37(38)44)39-27-31-13-5-6-14-32(31)28-42(39)46(43)40-21-11-9-17-35(40)36-18-10-12-22-41(36)46/h2-29H,1H3. The SMILES string of the molecule is Cc1ccc(N(c2ccccc2)c2cc3c(c4ccccc24)-c2cc4ccccc4cc2C32c3ccccc3-c3ccccc32)cc1. The van der Waals surface area contributed by atoms with Gasteiger partial charge in [-0.25, -0.2) is 0 Å². The maximum atomic E-state index is 2.52. The van der Waals surface area contributed by atoms with Gasteiger partial charge in [-0.3, -0.25) is 0 Å². The van der Waals surface area contributed by atoms with Gasteiger partial charge >= 0.3 is 0 Å². The summed E-state index contributed by atoms with van der Waals surface area (Å²) in [7, 11) is 0. The smallest absolute Gasteiger partial charge is 0.0726 e. The first kappa shape index (κ1) is 26.3. The van der Waals surface area contributed by atoms with Gasteiger partial charge in [0.15, 0.2) is 0 Å². The number of hydrogen-bond acceptors (Lipinski definition) is 1. The summed E-state index contributed by atoms with van der Waals surface area (Å²) in [6, 6.07) is 63.2. The fraction of sp³-hybridized carbons (Fsp3) is 0.0435. The molecule has 8 aromatic carbocycles. The molecule has 10 rings (SSSR count). The first-order valence-electron chi connectivity index (χ1n) is 16.4. The van der Waals surface area contributed by atoms with Crippen molar-refractivity contribution in [3.8, 4) is 22.3 Å². The molecule has 8 aromatic rings. The third-order valence-corrected chi connectivity index (χ3v) is 10.5. The van der Waals surface area contributed by atoms with Crippen molar-refractivity contribution in [2.24, 2.45) is 0 Å². The van der Waals surface area contributed by atoms with Crippen molar-refractivity contribution < 1.29 is 0 Å². The Morgan fingerprint density at radius 2 is 0.957 bits per heavy atom. The highest BCUT2D eigenvalue weighted by Crippen LogP contribution is 2.65. The topological polar surface area (TPSA) is 3.24 Å². The van der Waals surface area contributed by atoms with Crippen LogP contribution in [0.25, 0.3) is 43.8 Å². The summed E-state index contributed by atoms with van der Waals surface area (Å²) in [6.45, 7) is 2.15. The van der Waals surface area contributed by atoms with Crippen LogP contribution in [0.1, 0.15) is 27.8 Å². The Balaban J connectivity index is 1.40. The summed E-state index contributed by atoms with van der Waals surface area (Å²) < 4.78 is 0. The molecule has 0 amide bonds. The van der Waals surface area contributed by atoms with E-state index >= 15 is 0 Å². The Kier molecular flexibility index (Phi) is 5.48. The van der Waals surface area contributed by atoms with E-state index in [0.717, 1.165) is 11.4 Å². The molecular formula is C46H31N. The van der Waals surface area contributed by atoms with Crippen LogP contribution in [0.3, 0.4) is 0 Å². The van der Waals surface area contributed by atoms with Gasteiger partial charge in [-0.1, -0.05) is 133 Å². The maximum absolute atomic E-state index is 2.52. The fourth-order valence-electron chi connectivity index (χ4n) is 8.54. The lowest BCUT2D eigenvalue weighted by Crippen LogP contribution is -2.26. The minimum atomic E-state index is -0.448. The van der Waals surface area contributed by atoms with Crippen LogP contribution < -0.4 is 4.90 Å². The van der Waals surface area contributed by atoms with Crippen molar-refractivity contribution in [1.82, 2.24) is 0 Å². The molecule has 0 aromatic heterocycles. The zero-order valence-corrected chi connectivity index (χ0v) is 26.1. The van der Waals surface area contributed by atoms with Crippen LogP contribution in [0, 0.1) is 6.92 Å². The van der Waals surface area contributed by atoms with E-state index in [1.54, 1.807) is 0 Å². The second kappa shape index (κ2) is 9.79. The number of benzene rings is 8. The monoisotopic (exact) mass is 597 g/mol. The van der Waals surface area contributed by atoms with Crippen LogP contribution in [0.15, 0.2) is 170 Å². The minimum Gasteiger partial charge on any atom is -0.310 e. The van der Waals surface area contributed by atoms with Crippen LogP contribution in [-0.4, -0.2) is 0 Å². The van der Waals surface area contributed by atoms with Crippen molar-refractivity contribution in [1.29, 1.82) is 0 Å². The van der Waals surface area contributed by atoms with E-state index in [0.29, 0.717) is 0 Å². The minimum absolute atomic E-state index is 0.448. The quantitative estimate of drug-likeness (QED) is 0.196. The zero-order valence-electron chi connectivity index (χ0n) is 26.1. The summed E-state index contributed by atoms with van der Waals surface area (Å²) in [5.74, 6) is 0. The normalized spacial score (nSPS) is 13.4. The molecule has 0 aliphatic heterocycles. The van der Waals surface area contributed by atoms with E-state index in [9.17, 15) is 0 Å². The molecule has 1 heteroatoms. The molecule has 220 valence electrons. The van der Waals surface area contributed by atoms with Crippen LogP contribution in [0.4, 0.5) is 17.1 Å². The molecule has 0 radical (unpaired) electrons. The van der Waals surface area contributed by atoms with Gasteiger partial charge in [0, 0.05) is 16.8 Å². The fourth-order valence-corrected chi connectivity index (χ4v) is 8.54. The summed E-state index contributed by atoms with van der Waals surface area (Å²) in [5.41, 5.74) is 15.0. The molecule has 0 N–H and O–H groups in total. The van der Waals surface area contributed by atoms with Crippen LogP contribution >= 0.6 is 0 Å². The lowest BCUT2D eigenvalue weighted by Gasteiger charge is -2.33. The Hall–Kier alpha value is -5.92. The maximum Gasteiger partial charge on any atom is 0.0726 e. The summed E-state index contributed by atoms with van der Waals surface area (Å²) >= 11 is 0. The molecule has 0 atom stereocenters. The van der Waals surface area contributed by atoms with Gasteiger partial charge in [-0.15, -0.1) is 0 Å². The molecule has 47 heavy (non-hydrogen) atoms. The first-order chi connectivity index (χ1) is 23.2. The van der Waals surface area contributed by atoms with Gasteiger partial charge in [0.05, 0.1) is 11.1 Å². The van der Waals surface area contributed by atoms with E-state index in [4.69, 9.17) is 0 Å². The molecule has 2 aliphatic carbocycles. The van der Waals surface area contributed by atoms with Crippen LogP contribution in [0.2, 0.25) is 0 Å². The molecule has 2 aliphatic rings. The molecule has 0 saturated carbocycles. The first-order valence-corrected chi connectivity index (χ1v) is 16.4. The molecule has 1 nitrogen and oxygen atoms in total. The molecule has 0 heterocycles. The van der Waals surface area contributed by atoms with Gasteiger partial charge in [0.25, 0.3) is 0 Å². The number of para-hydroxylation sites is 1. The van der Waals surface area contributed by atoms with Gasteiger partial charge in [0.1, 0.15) is 0 Å². The van der Waals surface area contributed by atoms with Crippen molar-refractivity contribution in [3.05, 3.63) is 198 Å². The lowest BCUT2D eigenvalue weighted by molar-refractivity contribution is 0.795. The second-order valence-electron chi connectivity index (χ2n) is 13.0. The molecule has 0 saturated heterocycles. The number of anilines is 3. The molecule has 0 bridgehead atoms. The second-order valence-corrected chi connectivity index (χ2v) is 13.0. The number of rotatable bonds is 3. The van der Waals surface area contributed by atoms with Gasteiger partial charge < -0.3 is 4.90 Å². The predicted molar refractivity (Wildman–Crippen MR) is 197 cm³/mol. The highest BCUT2D eigenvalue weighted by molar-refractivity contribution is 6.13. The third kappa shape index (κ3) is 3.54. The number of aryl methyl sites for hydroxylation is 1.